The summed E-state index contributed by atoms with van der Waals surface area (Å²) in [5.74, 6) is 0. The predicted molar refractivity (Wildman–Crippen MR) is 89.7 cm³/mol. The first kappa shape index (κ1) is 14.3. The van der Waals surface area contributed by atoms with Gasteiger partial charge in [0, 0.05) is 11.3 Å². The van der Waals surface area contributed by atoms with Crippen LogP contribution >= 0.6 is 0 Å². The van der Waals surface area contributed by atoms with Crippen molar-refractivity contribution < 1.29 is 0 Å². The molecule has 110 valence electrons. The molecule has 21 heavy (non-hydrogen) atoms. The molecular weight excluding hydrogens is 254 g/mol. The lowest BCUT2D eigenvalue weighted by molar-refractivity contribution is 0.755. The molecule has 3 rings (SSSR count). The maximum absolute atomic E-state index is 5.11. The molecule has 1 nitrogen and oxygen atoms in total. The van der Waals surface area contributed by atoms with Crippen LogP contribution in [0.5, 0.6) is 0 Å². The van der Waals surface area contributed by atoms with Crippen molar-refractivity contribution in [2.75, 3.05) is 0 Å². The lowest BCUT2D eigenvalue weighted by Gasteiger charge is -2.21. The Morgan fingerprint density at radius 3 is 2.57 bits per heavy atom. The van der Waals surface area contributed by atoms with E-state index in [2.05, 4.69) is 44.2 Å². The number of pyridine rings is 1. The largest absolute Gasteiger partial charge is 0.252 e. The highest BCUT2D eigenvalue weighted by atomic mass is 14.7. The smallest absolute Gasteiger partial charge is 0.0740 e. The zero-order chi connectivity index (χ0) is 14.7. The van der Waals surface area contributed by atoms with Crippen LogP contribution in [-0.2, 0) is 25.7 Å². The van der Waals surface area contributed by atoms with Gasteiger partial charge in [-0.2, -0.15) is 0 Å². The van der Waals surface area contributed by atoms with Crippen molar-refractivity contribution >= 4 is 0 Å². The van der Waals surface area contributed by atoms with Crippen LogP contribution in [0, 0.1) is 0 Å². The molecule has 1 aromatic carbocycles. The maximum Gasteiger partial charge on any atom is 0.0740 e. The van der Waals surface area contributed by atoms with Gasteiger partial charge in [0.25, 0.3) is 0 Å². The summed E-state index contributed by atoms with van der Waals surface area (Å²) in [6.45, 7) is 4.52. The molecule has 0 N–H and O–H groups in total. The molecule has 0 radical (unpaired) electrons. The summed E-state index contributed by atoms with van der Waals surface area (Å²) in [5, 5.41) is 0. The van der Waals surface area contributed by atoms with Crippen LogP contribution in [0.2, 0.25) is 0 Å². The molecule has 0 saturated carbocycles. The normalized spacial score (nSPS) is 12.9. The van der Waals surface area contributed by atoms with Gasteiger partial charge >= 0.3 is 0 Å². The van der Waals surface area contributed by atoms with Gasteiger partial charge in [-0.25, -0.2) is 0 Å². The van der Waals surface area contributed by atoms with Crippen molar-refractivity contribution in [3.05, 3.63) is 52.7 Å². The summed E-state index contributed by atoms with van der Waals surface area (Å²) in [4.78, 5) is 5.11. The van der Waals surface area contributed by atoms with E-state index in [0.717, 1.165) is 19.3 Å². The van der Waals surface area contributed by atoms with Crippen LogP contribution in [0.4, 0.5) is 0 Å². The zero-order valence-corrected chi connectivity index (χ0v) is 13.3. The summed E-state index contributed by atoms with van der Waals surface area (Å²) in [6, 6.07) is 11.2. The maximum atomic E-state index is 5.11. The Labute approximate surface area is 128 Å². The summed E-state index contributed by atoms with van der Waals surface area (Å²) >= 11 is 0. The Balaban J connectivity index is 2.06. The molecule has 1 aromatic heterocycles. The highest BCUT2D eigenvalue weighted by molar-refractivity contribution is 5.70. The Bertz CT molecular complexity index is 628. The lowest BCUT2D eigenvalue weighted by atomic mass is 9.87. The predicted octanol–water partition coefficient (Wildman–Crippen LogP) is 5.14. The number of hydrogen-bond acceptors (Lipinski definition) is 1. The van der Waals surface area contributed by atoms with Gasteiger partial charge in [0.2, 0.25) is 0 Å². The third kappa shape index (κ3) is 2.88. The Kier molecular flexibility index (Phi) is 4.38. The molecule has 2 aromatic rings. The number of aromatic nitrogens is 1. The minimum absolute atomic E-state index is 1.13. The lowest BCUT2D eigenvalue weighted by Crippen LogP contribution is -2.10. The van der Waals surface area contributed by atoms with Crippen LogP contribution in [0.25, 0.3) is 11.3 Å². The van der Waals surface area contributed by atoms with E-state index < -0.39 is 0 Å². The molecule has 0 fully saturated rings. The standard InChI is InChI=1S/C20H25N/c1-3-5-11-19-16(8-4-2)14-17-13-12-15-9-6-7-10-18(15)20(17)21-19/h6-7,9-10,14H,3-5,8,11-13H2,1-2H3. The van der Waals surface area contributed by atoms with Crippen LogP contribution in [-0.4, -0.2) is 4.98 Å². The number of rotatable bonds is 5. The van der Waals surface area contributed by atoms with Crippen molar-refractivity contribution in [1.82, 2.24) is 4.98 Å². The van der Waals surface area contributed by atoms with Crippen molar-refractivity contribution in [2.45, 2.75) is 58.8 Å². The third-order valence-corrected chi connectivity index (χ3v) is 4.49. The molecule has 0 amide bonds. The SMILES string of the molecule is CCCCc1nc2c(cc1CCC)CCc1ccccc1-2. The minimum Gasteiger partial charge on any atom is -0.252 e. The molecular formula is C20H25N. The quantitative estimate of drug-likeness (QED) is 0.738. The van der Waals surface area contributed by atoms with Gasteiger partial charge in [0.1, 0.15) is 0 Å². The van der Waals surface area contributed by atoms with E-state index >= 15 is 0 Å². The van der Waals surface area contributed by atoms with Gasteiger partial charge in [-0.15, -0.1) is 0 Å². The molecule has 0 saturated heterocycles. The highest BCUT2D eigenvalue weighted by Gasteiger charge is 2.19. The second-order valence-corrected chi connectivity index (χ2v) is 6.11. The number of nitrogens with zero attached hydrogens (tertiary/aromatic N) is 1. The Morgan fingerprint density at radius 2 is 1.76 bits per heavy atom. The first-order valence-electron chi connectivity index (χ1n) is 8.43. The summed E-state index contributed by atoms with van der Waals surface area (Å²) in [7, 11) is 0. The van der Waals surface area contributed by atoms with Crippen molar-refractivity contribution in [1.29, 1.82) is 0 Å². The third-order valence-electron chi connectivity index (χ3n) is 4.49. The first-order chi connectivity index (χ1) is 10.3. The highest BCUT2D eigenvalue weighted by Crippen LogP contribution is 2.33. The molecule has 1 heterocycles. The number of unbranched alkanes of at least 4 members (excludes halogenated alkanes) is 1. The van der Waals surface area contributed by atoms with Gasteiger partial charge in [0.15, 0.2) is 0 Å². The number of aryl methyl sites for hydroxylation is 4. The fraction of sp³-hybridized carbons (Fsp3) is 0.450. The van der Waals surface area contributed by atoms with Crippen molar-refractivity contribution in [3.8, 4) is 11.3 Å². The van der Waals surface area contributed by atoms with Crippen LogP contribution < -0.4 is 0 Å². The molecule has 0 bridgehead atoms. The molecule has 0 atom stereocenters. The number of fused-ring (bicyclic) bond motifs is 3. The molecule has 0 spiro atoms. The molecule has 1 aliphatic rings. The molecule has 0 aliphatic heterocycles. The second kappa shape index (κ2) is 6.43. The van der Waals surface area contributed by atoms with Crippen LogP contribution in [0.15, 0.2) is 30.3 Å². The number of hydrogen-bond donors (Lipinski definition) is 0. The zero-order valence-electron chi connectivity index (χ0n) is 13.3. The van der Waals surface area contributed by atoms with Crippen molar-refractivity contribution in [2.24, 2.45) is 0 Å². The Hall–Kier alpha value is -1.63. The summed E-state index contributed by atoms with van der Waals surface area (Å²) < 4.78 is 0. The second-order valence-electron chi connectivity index (χ2n) is 6.11. The monoisotopic (exact) mass is 279 g/mol. The average molecular weight is 279 g/mol. The van der Waals surface area contributed by atoms with Gasteiger partial charge in [-0.05, 0) is 48.8 Å². The fourth-order valence-electron chi connectivity index (χ4n) is 3.35. The van der Waals surface area contributed by atoms with E-state index in [1.165, 1.54) is 59.3 Å². The van der Waals surface area contributed by atoms with E-state index in [9.17, 15) is 0 Å². The number of benzene rings is 1. The Morgan fingerprint density at radius 1 is 0.952 bits per heavy atom. The van der Waals surface area contributed by atoms with E-state index in [4.69, 9.17) is 4.98 Å². The first-order valence-corrected chi connectivity index (χ1v) is 8.43. The van der Waals surface area contributed by atoms with Crippen LogP contribution in [0.1, 0.15) is 55.5 Å². The van der Waals surface area contributed by atoms with Gasteiger partial charge in [0.05, 0.1) is 5.69 Å². The summed E-state index contributed by atoms with van der Waals surface area (Å²) in [5.41, 5.74) is 8.36. The summed E-state index contributed by atoms with van der Waals surface area (Å²) in [6.07, 6.45) is 8.28. The van der Waals surface area contributed by atoms with Gasteiger partial charge in [-0.3, -0.25) is 4.98 Å². The van der Waals surface area contributed by atoms with Crippen LogP contribution in [0.3, 0.4) is 0 Å². The van der Waals surface area contributed by atoms with E-state index in [1.807, 2.05) is 0 Å². The van der Waals surface area contributed by atoms with Crippen molar-refractivity contribution in [3.63, 3.8) is 0 Å². The minimum atomic E-state index is 1.13. The fourth-order valence-corrected chi connectivity index (χ4v) is 3.35. The molecule has 1 aliphatic carbocycles. The van der Waals surface area contributed by atoms with Gasteiger partial charge in [-0.1, -0.05) is 57.0 Å². The van der Waals surface area contributed by atoms with Gasteiger partial charge < -0.3 is 0 Å². The molecule has 0 unspecified atom stereocenters. The topological polar surface area (TPSA) is 12.9 Å². The molecule has 1 heteroatoms. The van der Waals surface area contributed by atoms with E-state index in [-0.39, 0.29) is 0 Å². The van der Waals surface area contributed by atoms with E-state index in [1.54, 1.807) is 0 Å². The average Bonchev–Trinajstić information content (AvgIpc) is 2.53. The van der Waals surface area contributed by atoms with E-state index in [0.29, 0.717) is 0 Å².